The fourth-order valence-corrected chi connectivity index (χ4v) is 2.89. The summed E-state index contributed by atoms with van der Waals surface area (Å²) in [5.41, 5.74) is 0. The summed E-state index contributed by atoms with van der Waals surface area (Å²) in [4.78, 5) is 4.50. The minimum Gasteiger partial charge on any atom is -0.339 e. The highest BCUT2D eigenvalue weighted by molar-refractivity contribution is 7.98. The summed E-state index contributed by atoms with van der Waals surface area (Å²) in [6, 6.07) is 0. The zero-order valence-corrected chi connectivity index (χ0v) is 11.6. The van der Waals surface area contributed by atoms with Gasteiger partial charge in [-0.25, -0.2) is 0 Å². The van der Waals surface area contributed by atoms with Gasteiger partial charge in [0.2, 0.25) is 5.89 Å². The average molecular weight is 255 g/mol. The Labute approximate surface area is 107 Å². The fourth-order valence-electron chi connectivity index (χ4n) is 2.00. The Hall–Kier alpha value is -0.550. The quantitative estimate of drug-likeness (QED) is 0.874. The van der Waals surface area contributed by atoms with Crippen molar-refractivity contribution in [3.8, 4) is 0 Å². The van der Waals surface area contributed by atoms with Gasteiger partial charge >= 0.3 is 0 Å². The van der Waals surface area contributed by atoms with Gasteiger partial charge in [0.25, 0.3) is 0 Å². The van der Waals surface area contributed by atoms with E-state index in [1.165, 1.54) is 0 Å². The third-order valence-corrected chi connectivity index (χ3v) is 4.37. The van der Waals surface area contributed by atoms with Gasteiger partial charge in [-0.15, -0.1) is 0 Å². The molecule has 2 heterocycles. The van der Waals surface area contributed by atoms with Gasteiger partial charge in [0.05, 0.1) is 11.7 Å². The fraction of sp³-hybridized carbons (Fsp3) is 0.833. The number of hydrogen-bond donors (Lipinski definition) is 1. The molecule has 1 saturated heterocycles. The maximum absolute atomic E-state index is 5.36. The standard InChI is InChI=1S/C12H21N3OS/c1-8(2)6-17-7-11-14-12(16-15-11)10-5-13-4-9(10)3/h8-10,13H,4-7H2,1-3H3. The molecule has 0 aliphatic carbocycles. The van der Waals surface area contributed by atoms with Crippen LogP contribution in [0, 0.1) is 11.8 Å². The number of aromatic nitrogens is 2. The molecule has 0 bridgehead atoms. The lowest BCUT2D eigenvalue weighted by Gasteiger charge is -2.07. The van der Waals surface area contributed by atoms with Gasteiger partial charge in [0, 0.05) is 6.54 Å². The summed E-state index contributed by atoms with van der Waals surface area (Å²) in [5.74, 6) is 5.34. The molecule has 2 unspecified atom stereocenters. The molecule has 0 aromatic carbocycles. The normalized spacial score (nSPS) is 24.7. The van der Waals surface area contributed by atoms with E-state index in [0.717, 1.165) is 36.3 Å². The van der Waals surface area contributed by atoms with Crippen LogP contribution in [0.4, 0.5) is 0 Å². The van der Waals surface area contributed by atoms with Crippen LogP contribution in [0.2, 0.25) is 0 Å². The van der Waals surface area contributed by atoms with Gasteiger partial charge in [-0.2, -0.15) is 16.7 Å². The lowest BCUT2D eigenvalue weighted by molar-refractivity contribution is 0.337. The van der Waals surface area contributed by atoms with Crippen LogP contribution >= 0.6 is 11.8 Å². The molecule has 1 aromatic heterocycles. The Morgan fingerprint density at radius 1 is 1.47 bits per heavy atom. The van der Waals surface area contributed by atoms with Crippen LogP contribution in [0.1, 0.15) is 38.4 Å². The second-order valence-electron chi connectivity index (χ2n) is 5.20. The highest BCUT2D eigenvalue weighted by atomic mass is 32.2. The van der Waals surface area contributed by atoms with Gasteiger partial charge < -0.3 is 9.84 Å². The molecule has 96 valence electrons. The molecule has 2 atom stereocenters. The predicted molar refractivity (Wildman–Crippen MR) is 70.1 cm³/mol. The van der Waals surface area contributed by atoms with Crippen LogP contribution in [0.25, 0.3) is 0 Å². The van der Waals surface area contributed by atoms with Crippen molar-refractivity contribution in [2.45, 2.75) is 32.4 Å². The van der Waals surface area contributed by atoms with E-state index in [0.29, 0.717) is 17.8 Å². The topological polar surface area (TPSA) is 51.0 Å². The van der Waals surface area contributed by atoms with Crippen molar-refractivity contribution in [2.24, 2.45) is 11.8 Å². The van der Waals surface area contributed by atoms with Crippen molar-refractivity contribution in [2.75, 3.05) is 18.8 Å². The summed E-state index contributed by atoms with van der Waals surface area (Å²) in [6.07, 6.45) is 0. The predicted octanol–water partition coefficient (Wildman–Crippen LogP) is 2.28. The SMILES string of the molecule is CC(C)CSCc1noc(C2CNCC2C)n1. The highest BCUT2D eigenvalue weighted by Gasteiger charge is 2.29. The molecule has 1 aliphatic heterocycles. The van der Waals surface area contributed by atoms with Crippen LogP contribution in [0.3, 0.4) is 0 Å². The molecule has 1 fully saturated rings. The second-order valence-corrected chi connectivity index (χ2v) is 6.23. The van der Waals surface area contributed by atoms with E-state index >= 15 is 0 Å². The second kappa shape index (κ2) is 5.87. The third kappa shape index (κ3) is 3.45. The molecule has 0 spiro atoms. The molecular formula is C12H21N3OS. The summed E-state index contributed by atoms with van der Waals surface area (Å²) in [5, 5.41) is 7.41. The molecule has 4 nitrogen and oxygen atoms in total. The van der Waals surface area contributed by atoms with Gasteiger partial charge in [0.15, 0.2) is 5.82 Å². The Bertz CT molecular complexity index is 353. The molecular weight excluding hydrogens is 234 g/mol. The summed E-state index contributed by atoms with van der Waals surface area (Å²) >= 11 is 1.87. The van der Waals surface area contributed by atoms with E-state index in [1.54, 1.807) is 0 Å². The van der Waals surface area contributed by atoms with E-state index < -0.39 is 0 Å². The Morgan fingerprint density at radius 3 is 2.94 bits per heavy atom. The minimum atomic E-state index is 0.395. The average Bonchev–Trinajstić information content (AvgIpc) is 2.86. The number of nitrogens with zero attached hydrogens (tertiary/aromatic N) is 2. The molecule has 2 rings (SSSR count). The molecule has 17 heavy (non-hydrogen) atoms. The molecule has 1 aromatic rings. The minimum absolute atomic E-state index is 0.395. The van der Waals surface area contributed by atoms with Crippen LogP contribution in [-0.2, 0) is 5.75 Å². The van der Waals surface area contributed by atoms with Gasteiger partial charge in [-0.05, 0) is 24.1 Å². The van der Waals surface area contributed by atoms with E-state index in [-0.39, 0.29) is 0 Å². The zero-order valence-electron chi connectivity index (χ0n) is 10.8. The molecule has 0 radical (unpaired) electrons. The monoisotopic (exact) mass is 255 g/mol. The number of hydrogen-bond acceptors (Lipinski definition) is 5. The van der Waals surface area contributed by atoms with Gasteiger partial charge in [-0.1, -0.05) is 25.9 Å². The summed E-state index contributed by atoms with van der Waals surface area (Å²) in [6.45, 7) is 8.68. The van der Waals surface area contributed by atoms with Gasteiger partial charge in [0.1, 0.15) is 0 Å². The van der Waals surface area contributed by atoms with Crippen molar-refractivity contribution in [1.29, 1.82) is 0 Å². The van der Waals surface area contributed by atoms with E-state index in [4.69, 9.17) is 4.52 Å². The first-order valence-electron chi connectivity index (χ1n) is 6.27. The first-order chi connectivity index (χ1) is 8.16. The van der Waals surface area contributed by atoms with Crippen LogP contribution < -0.4 is 5.32 Å². The third-order valence-electron chi connectivity index (χ3n) is 3.00. The lowest BCUT2D eigenvalue weighted by atomic mass is 9.98. The van der Waals surface area contributed by atoms with Crippen molar-refractivity contribution in [3.63, 3.8) is 0 Å². The van der Waals surface area contributed by atoms with Crippen LogP contribution in [-0.4, -0.2) is 29.0 Å². The van der Waals surface area contributed by atoms with Crippen LogP contribution in [0.5, 0.6) is 0 Å². The highest BCUT2D eigenvalue weighted by Crippen LogP contribution is 2.26. The molecule has 1 aliphatic rings. The molecule has 5 heteroatoms. The van der Waals surface area contributed by atoms with E-state index in [9.17, 15) is 0 Å². The molecule has 0 saturated carbocycles. The first kappa shape index (κ1) is 12.9. The smallest absolute Gasteiger partial charge is 0.231 e. The zero-order chi connectivity index (χ0) is 12.3. The lowest BCUT2D eigenvalue weighted by Crippen LogP contribution is -2.08. The van der Waals surface area contributed by atoms with Crippen LogP contribution in [0.15, 0.2) is 4.52 Å². The molecule has 1 N–H and O–H groups in total. The number of thioether (sulfide) groups is 1. The maximum atomic E-state index is 5.36. The summed E-state index contributed by atoms with van der Waals surface area (Å²) < 4.78 is 5.36. The van der Waals surface area contributed by atoms with Crippen molar-refractivity contribution >= 4 is 11.8 Å². The first-order valence-corrected chi connectivity index (χ1v) is 7.43. The number of rotatable bonds is 5. The Morgan fingerprint density at radius 2 is 2.29 bits per heavy atom. The van der Waals surface area contributed by atoms with Gasteiger partial charge in [-0.3, -0.25) is 0 Å². The molecule has 0 amide bonds. The van der Waals surface area contributed by atoms with Crippen molar-refractivity contribution in [1.82, 2.24) is 15.5 Å². The van der Waals surface area contributed by atoms with Crippen molar-refractivity contribution in [3.05, 3.63) is 11.7 Å². The maximum Gasteiger partial charge on any atom is 0.231 e. The van der Waals surface area contributed by atoms with E-state index in [1.807, 2.05) is 11.8 Å². The summed E-state index contributed by atoms with van der Waals surface area (Å²) in [7, 11) is 0. The number of nitrogens with one attached hydrogen (secondary N) is 1. The largest absolute Gasteiger partial charge is 0.339 e. The Kier molecular flexibility index (Phi) is 4.45. The van der Waals surface area contributed by atoms with Crippen molar-refractivity contribution < 1.29 is 4.52 Å². The van der Waals surface area contributed by atoms with E-state index in [2.05, 4.69) is 36.2 Å². The Balaban J connectivity index is 1.87.